The molecule has 0 heterocycles. The molecule has 166 valence electrons. The van der Waals surface area contributed by atoms with Gasteiger partial charge in [-0.15, -0.1) is 0 Å². The lowest BCUT2D eigenvalue weighted by molar-refractivity contribution is 0.144. The van der Waals surface area contributed by atoms with Gasteiger partial charge in [0.2, 0.25) is 0 Å². The monoisotopic (exact) mass is 422 g/mol. The van der Waals surface area contributed by atoms with Crippen molar-refractivity contribution in [3.8, 4) is 22.3 Å². The average Bonchev–Trinajstić information content (AvgIpc) is 2.81. The molecule has 0 aromatic heterocycles. The lowest BCUT2D eigenvalue weighted by Gasteiger charge is -2.14. The van der Waals surface area contributed by atoms with Gasteiger partial charge in [0.15, 0.2) is 0 Å². The minimum absolute atomic E-state index is 0.00619. The minimum Gasteiger partial charge on any atom is -0.396 e. The molecule has 0 aliphatic rings. The van der Waals surface area contributed by atoms with Crippen molar-refractivity contribution in [3.05, 3.63) is 83.2 Å². The highest BCUT2D eigenvalue weighted by Crippen LogP contribution is 2.31. The van der Waals surface area contributed by atoms with Crippen LogP contribution in [0.2, 0.25) is 0 Å². The van der Waals surface area contributed by atoms with Crippen LogP contribution in [0.15, 0.2) is 60.7 Å². The molecule has 3 aromatic rings. The quantitative estimate of drug-likeness (QED) is 0.430. The molecule has 0 atom stereocenters. The van der Waals surface area contributed by atoms with Gasteiger partial charge < -0.3 is 10.2 Å². The largest absolute Gasteiger partial charge is 0.396 e. The molecule has 2 nitrogen and oxygen atoms in total. The highest BCUT2D eigenvalue weighted by Gasteiger charge is 2.12. The van der Waals surface area contributed by atoms with Crippen molar-refractivity contribution < 1.29 is 14.6 Å². The van der Waals surface area contributed by atoms with E-state index in [1.165, 1.54) is 5.56 Å². The first-order chi connectivity index (χ1) is 15.0. The molecule has 0 bridgehead atoms. The Balaban J connectivity index is 0.00000166. The van der Waals surface area contributed by atoms with Crippen LogP contribution in [0.3, 0.4) is 0 Å². The normalized spacial score (nSPS) is 10.7. The van der Waals surface area contributed by atoms with Crippen molar-refractivity contribution in [1.82, 2.24) is 0 Å². The second-order valence-corrected chi connectivity index (χ2v) is 7.68. The topological polar surface area (TPSA) is 40.5 Å². The number of hydrogen-bond acceptors (Lipinski definition) is 2. The fourth-order valence-electron chi connectivity index (χ4n) is 3.63. The van der Waals surface area contributed by atoms with E-state index in [0.29, 0.717) is 5.56 Å². The van der Waals surface area contributed by atoms with E-state index in [9.17, 15) is 10.2 Å². The van der Waals surface area contributed by atoms with E-state index in [1.54, 1.807) is 6.07 Å². The minimum atomic E-state index is -0.217. The van der Waals surface area contributed by atoms with Crippen LogP contribution >= 0.6 is 0 Å². The molecule has 0 fully saturated rings. The summed E-state index contributed by atoms with van der Waals surface area (Å²) in [7, 11) is 0. The molecule has 3 rings (SSSR count). The van der Waals surface area contributed by atoms with Gasteiger partial charge in [-0.25, -0.2) is 4.39 Å². The first-order valence-corrected chi connectivity index (χ1v) is 11.3. The van der Waals surface area contributed by atoms with Crippen LogP contribution in [-0.2, 0) is 12.8 Å². The molecule has 0 spiro atoms. The molecule has 0 amide bonds. The van der Waals surface area contributed by atoms with Crippen LogP contribution in [0, 0.1) is 18.7 Å². The number of aliphatic hydroxyl groups is 2. The number of aliphatic hydroxyl groups excluding tert-OH is 2. The summed E-state index contributed by atoms with van der Waals surface area (Å²) < 4.78 is 15.0. The van der Waals surface area contributed by atoms with Crippen molar-refractivity contribution in [2.24, 2.45) is 5.92 Å². The van der Waals surface area contributed by atoms with Gasteiger partial charge in [-0.3, -0.25) is 0 Å². The number of aryl methyl sites for hydroxylation is 3. The zero-order valence-electron chi connectivity index (χ0n) is 19.2. The molecule has 2 N–H and O–H groups in total. The smallest absolute Gasteiger partial charge is 0.131 e. The maximum atomic E-state index is 15.0. The highest BCUT2D eigenvalue weighted by molar-refractivity contribution is 5.73. The van der Waals surface area contributed by atoms with Gasteiger partial charge >= 0.3 is 0 Å². The third-order valence-electron chi connectivity index (χ3n) is 5.55. The first kappa shape index (κ1) is 24.8. The summed E-state index contributed by atoms with van der Waals surface area (Å²) in [5.41, 5.74) is 6.86. The van der Waals surface area contributed by atoms with E-state index in [0.717, 1.165) is 47.1 Å². The third kappa shape index (κ3) is 6.49. The summed E-state index contributed by atoms with van der Waals surface area (Å²) in [6.45, 7) is 8.10. The lowest BCUT2D eigenvalue weighted by Crippen LogP contribution is -2.12. The second kappa shape index (κ2) is 12.4. The zero-order valence-corrected chi connectivity index (χ0v) is 19.2. The average molecular weight is 423 g/mol. The summed E-state index contributed by atoms with van der Waals surface area (Å²) in [5.74, 6) is -0.308. The molecule has 0 radical (unpaired) electrons. The standard InChI is InChI=1S/C26H29FO2.C2H6/c1-3-21-14-19(6-7-20(16-28)17-29)8-12-24(21)25-13-11-23(15-26(25)27)22-9-4-18(2)5-10-22;1-2/h4-5,8-15,20,28-29H,3,6-7,16-17H2,1-2H3;1-2H3. The van der Waals surface area contributed by atoms with E-state index < -0.39 is 0 Å². The first-order valence-electron chi connectivity index (χ1n) is 11.3. The molecule has 0 saturated heterocycles. The number of halogens is 1. The maximum absolute atomic E-state index is 15.0. The molecule has 3 aromatic carbocycles. The molecular formula is C28H35FO2. The van der Waals surface area contributed by atoms with Gasteiger partial charge in [-0.05, 0) is 60.1 Å². The van der Waals surface area contributed by atoms with E-state index in [4.69, 9.17) is 0 Å². The van der Waals surface area contributed by atoms with E-state index in [1.807, 2.05) is 69.3 Å². The van der Waals surface area contributed by atoms with Crippen LogP contribution in [0.5, 0.6) is 0 Å². The van der Waals surface area contributed by atoms with Gasteiger partial charge in [0.05, 0.1) is 0 Å². The van der Waals surface area contributed by atoms with Crippen LogP contribution in [-0.4, -0.2) is 23.4 Å². The molecular weight excluding hydrogens is 387 g/mol. The number of hydrogen-bond donors (Lipinski definition) is 2. The van der Waals surface area contributed by atoms with Crippen molar-refractivity contribution >= 4 is 0 Å². The van der Waals surface area contributed by atoms with Crippen LogP contribution < -0.4 is 0 Å². The summed E-state index contributed by atoms with van der Waals surface area (Å²) in [5, 5.41) is 18.5. The zero-order chi connectivity index (χ0) is 22.8. The van der Waals surface area contributed by atoms with Crippen LogP contribution in [0.25, 0.3) is 22.3 Å². The molecule has 31 heavy (non-hydrogen) atoms. The lowest BCUT2D eigenvalue weighted by atomic mass is 9.92. The van der Waals surface area contributed by atoms with Crippen molar-refractivity contribution in [3.63, 3.8) is 0 Å². The SMILES string of the molecule is CC.CCc1cc(CCC(CO)CO)ccc1-c1ccc(-c2ccc(C)cc2)cc1F. The Hall–Kier alpha value is -2.49. The summed E-state index contributed by atoms with van der Waals surface area (Å²) >= 11 is 0. The van der Waals surface area contributed by atoms with Crippen molar-refractivity contribution in [2.75, 3.05) is 13.2 Å². The molecule has 0 aliphatic heterocycles. The molecule has 3 heteroatoms. The van der Waals surface area contributed by atoms with Crippen molar-refractivity contribution in [2.45, 2.75) is 47.0 Å². The van der Waals surface area contributed by atoms with E-state index >= 15 is 4.39 Å². The Morgan fingerprint density at radius 2 is 1.42 bits per heavy atom. The fourth-order valence-corrected chi connectivity index (χ4v) is 3.63. The maximum Gasteiger partial charge on any atom is 0.131 e. The van der Waals surface area contributed by atoms with Gasteiger partial charge in [0.1, 0.15) is 5.82 Å². The van der Waals surface area contributed by atoms with Gasteiger partial charge in [-0.1, -0.05) is 80.9 Å². The van der Waals surface area contributed by atoms with E-state index in [-0.39, 0.29) is 24.9 Å². The van der Waals surface area contributed by atoms with Gasteiger partial charge in [0.25, 0.3) is 0 Å². The molecule has 0 unspecified atom stereocenters. The van der Waals surface area contributed by atoms with Gasteiger partial charge in [0, 0.05) is 24.7 Å². The predicted octanol–water partition coefficient (Wildman–Crippen LogP) is 6.59. The third-order valence-corrected chi connectivity index (χ3v) is 5.55. The summed E-state index contributed by atoms with van der Waals surface area (Å²) in [6.07, 6.45) is 2.33. The summed E-state index contributed by atoms with van der Waals surface area (Å²) in [4.78, 5) is 0. The Labute approximate surface area is 186 Å². The fraction of sp³-hybridized carbons (Fsp3) is 0.357. The number of benzene rings is 3. The Morgan fingerprint density at radius 3 is 2.00 bits per heavy atom. The highest BCUT2D eigenvalue weighted by atomic mass is 19.1. The predicted molar refractivity (Wildman–Crippen MR) is 129 cm³/mol. The Morgan fingerprint density at radius 1 is 0.806 bits per heavy atom. The number of rotatable bonds is 8. The van der Waals surface area contributed by atoms with Crippen LogP contribution in [0.1, 0.15) is 43.9 Å². The van der Waals surface area contributed by atoms with Crippen LogP contribution in [0.4, 0.5) is 4.39 Å². The Bertz CT molecular complexity index is 944. The molecule has 0 aliphatic carbocycles. The second-order valence-electron chi connectivity index (χ2n) is 7.68. The van der Waals surface area contributed by atoms with E-state index in [2.05, 4.69) is 13.0 Å². The molecule has 0 saturated carbocycles. The Kier molecular flexibility index (Phi) is 9.90. The van der Waals surface area contributed by atoms with Gasteiger partial charge in [-0.2, -0.15) is 0 Å². The summed E-state index contributed by atoms with van der Waals surface area (Å²) in [6, 6.07) is 19.7. The van der Waals surface area contributed by atoms with Crippen molar-refractivity contribution in [1.29, 1.82) is 0 Å².